The minimum atomic E-state index is -0.423. The third-order valence-corrected chi connectivity index (χ3v) is 5.09. The maximum absolute atomic E-state index is 10.6. The third kappa shape index (κ3) is 4.48. The summed E-state index contributed by atoms with van der Waals surface area (Å²) in [4.78, 5) is 4.79. The first-order valence-electron chi connectivity index (χ1n) is 9.05. The monoisotopic (exact) mass is 343 g/mol. The first-order chi connectivity index (χ1) is 11.9. The van der Waals surface area contributed by atoms with Gasteiger partial charge in [-0.25, -0.2) is 0 Å². The van der Waals surface area contributed by atoms with Crippen molar-refractivity contribution in [1.29, 1.82) is 0 Å². The number of aliphatic hydroxyl groups excluding tert-OH is 1. The van der Waals surface area contributed by atoms with Gasteiger partial charge in [0.15, 0.2) is 0 Å². The molecule has 0 amide bonds. The molecule has 0 radical (unpaired) electrons. The van der Waals surface area contributed by atoms with E-state index in [1.54, 1.807) is 0 Å². The van der Waals surface area contributed by atoms with E-state index >= 15 is 0 Å². The highest BCUT2D eigenvalue weighted by molar-refractivity contribution is 5.30. The lowest BCUT2D eigenvalue weighted by atomic mass is 10.0. The van der Waals surface area contributed by atoms with Gasteiger partial charge in [-0.15, -0.1) is 0 Å². The van der Waals surface area contributed by atoms with E-state index in [-0.39, 0.29) is 0 Å². The molecule has 25 heavy (non-hydrogen) atoms. The van der Waals surface area contributed by atoms with Gasteiger partial charge in [-0.05, 0) is 33.3 Å². The molecule has 1 saturated heterocycles. The van der Waals surface area contributed by atoms with E-state index in [0.717, 1.165) is 49.7 Å². The summed E-state index contributed by atoms with van der Waals surface area (Å²) >= 11 is 0. The molecule has 0 aliphatic carbocycles. The Kier molecular flexibility index (Phi) is 5.57. The van der Waals surface area contributed by atoms with E-state index in [4.69, 9.17) is 4.52 Å². The van der Waals surface area contributed by atoms with Crippen LogP contribution >= 0.6 is 0 Å². The number of benzene rings is 1. The summed E-state index contributed by atoms with van der Waals surface area (Å²) in [5, 5.41) is 14.6. The van der Waals surface area contributed by atoms with Crippen molar-refractivity contribution in [1.82, 2.24) is 15.0 Å². The lowest BCUT2D eigenvalue weighted by Gasteiger charge is -2.35. The fraction of sp³-hybridized carbons (Fsp3) is 0.550. The normalized spacial score (nSPS) is 17.8. The summed E-state index contributed by atoms with van der Waals surface area (Å²) in [5.74, 6) is 0.921. The highest BCUT2D eigenvalue weighted by Gasteiger charge is 2.22. The van der Waals surface area contributed by atoms with Crippen LogP contribution in [-0.2, 0) is 6.54 Å². The number of piperazine rings is 1. The summed E-state index contributed by atoms with van der Waals surface area (Å²) in [6.45, 7) is 13.7. The second-order valence-corrected chi connectivity index (χ2v) is 7.32. The summed E-state index contributed by atoms with van der Waals surface area (Å²) in [6.07, 6.45) is -0.423. The molecule has 1 aromatic carbocycles. The highest BCUT2D eigenvalue weighted by atomic mass is 16.5. The van der Waals surface area contributed by atoms with Crippen molar-refractivity contribution in [2.45, 2.75) is 40.3 Å². The topological polar surface area (TPSA) is 52.7 Å². The minimum absolute atomic E-state index is 0.423. The van der Waals surface area contributed by atoms with Crippen LogP contribution in [0.3, 0.4) is 0 Å². The molecule has 1 atom stereocenters. The zero-order valence-electron chi connectivity index (χ0n) is 15.7. The Balaban J connectivity index is 1.52. The maximum atomic E-state index is 10.6. The van der Waals surface area contributed by atoms with Gasteiger partial charge in [-0.2, -0.15) is 0 Å². The van der Waals surface area contributed by atoms with Gasteiger partial charge in [-0.1, -0.05) is 34.5 Å². The van der Waals surface area contributed by atoms with Crippen LogP contribution in [0.25, 0.3) is 0 Å². The van der Waals surface area contributed by atoms with Crippen molar-refractivity contribution in [2.75, 3.05) is 32.7 Å². The highest BCUT2D eigenvalue weighted by Crippen LogP contribution is 2.20. The smallest absolute Gasteiger partial charge is 0.138 e. The lowest BCUT2D eigenvalue weighted by molar-refractivity contribution is 0.0699. The van der Waals surface area contributed by atoms with Crippen LogP contribution in [-0.4, -0.2) is 52.8 Å². The molecular formula is C20H29N3O2. The molecule has 1 aliphatic heterocycles. The molecule has 5 heteroatoms. The fourth-order valence-corrected chi connectivity index (χ4v) is 3.63. The summed E-state index contributed by atoms with van der Waals surface area (Å²) in [6, 6.07) is 6.32. The van der Waals surface area contributed by atoms with Gasteiger partial charge in [0.05, 0.1) is 11.8 Å². The van der Waals surface area contributed by atoms with Crippen molar-refractivity contribution >= 4 is 0 Å². The van der Waals surface area contributed by atoms with Gasteiger partial charge in [0.25, 0.3) is 0 Å². The fourth-order valence-electron chi connectivity index (χ4n) is 3.63. The largest absolute Gasteiger partial charge is 0.387 e. The van der Waals surface area contributed by atoms with E-state index in [1.807, 2.05) is 13.8 Å². The third-order valence-electron chi connectivity index (χ3n) is 5.09. The molecule has 0 spiro atoms. The maximum Gasteiger partial charge on any atom is 0.138 e. The second kappa shape index (κ2) is 7.68. The molecule has 5 nitrogen and oxygen atoms in total. The molecule has 1 N–H and O–H groups in total. The number of rotatable bonds is 5. The Morgan fingerprint density at radius 1 is 1.00 bits per heavy atom. The number of aryl methyl sites for hydroxylation is 4. The van der Waals surface area contributed by atoms with Crippen LogP contribution in [0.1, 0.15) is 39.8 Å². The number of hydrogen-bond donors (Lipinski definition) is 1. The van der Waals surface area contributed by atoms with Gasteiger partial charge < -0.3 is 9.63 Å². The molecule has 3 rings (SSSR count). The van der Waals surface area contributed by atoms with E-state index in [1.165, 1.54) is 16.7 Å². The standard InChI is InChI=1S/C20H29N3O2/c1-14-9-15(2)11-18(10-14)20(24)13-23-7-5-22(6-8-23)12-19-16(3)21-25-17(19)4/h9-11,20,24H,5-8,12-13H2,1-4H3. The number of β-amino-alcohol motifs (C(OH)–C–C–N with tert-alkyl or cyclic N) is 1. The van der Waals surface area contributed by atoms with Crippen molar-refractivity contribution in [3.63, 3.8) is 0 Å². The number of aliphatic hydroxyl groups is 1. The lowest BCUT2D eigenvalue weighted by Crippen LogP contribution is -2.47. The van der Waals surface area contributed by atoms with E-state index in [0.29, 0.717) is 6.54 Å². The van der Waals surface area contributed by atoms with Gasteiger partial charge in [0.1, 0.15) is 5.76 Å². The predicted octanol–water partition coefficient (Wildman–Crippen LogP) is 2.76. The SMILES string of the molecule is Cc1cc(C)cc(C(O)CN2CCN(Cc3c(C)noc3C)CC2)c1. The van der Waals surface area contributed by atoms with Crippen LogP contribution in [0.2, 0.25) is 0 Å². The van der Waals surface area contributed by atoms with Crippen LogP contribution in [0, 0.1) is 27.7 Å². The molecule has 136 valence electrons. The molecule has 2 aromatic rings. The molecule has 1 fully saturated rings. The number of nitrogens with zero attached hydrogens (tertiary/aromatic N) is 3. The number of aromatic nitrogens is 1. The molecule has 0 saturated carbocycles. The average molecular weight is 343 g/mol. The van der Waals surface area contributed by atoms with Crippen LogP contribution in [0.5, 0.6) is 0 Å². The molecule has 1 unspecified atom stereocenters. The van der Waals surface area contributed by atoms with Crippen LogP contribution in [0.4, 0.5) is 0 Å². The first kappa shape index (κ1) is 18.1. The van der Waals surface area contributed by atoms with Crippen molar-refractivity contribution in [2.24, 2.45) is 0 Å². The minimum Gasteiger partial charge on any atom is -0.387 e. The molecular weight excluding hydrogens is 314 g/mol. The zero-order chi connectivity index (χ0) is 18.0. The van der Waals surface area contributed by atoms with Gasteiger partial charge in [-0.3, -0.25) is 9.80 Å². The van der Waals surface area contributed by atoms with Gasteiger partial charge in [0, 0.05) is 44.8 Å². The Morgan fingerprint density at radius 3 is 2.16 bits per heavy atom. The molecule has 0 bridgehead atoms. The average Bonchev–Trinajstić information content (AvgIpc) is 2.87. The molecule has 1 aliphatic rings. The molecule has 1 aromatic heterocycles. The van der Waals surface area contributed by atoms with E-state index < -0.39 is 6.10 Å². The quantitative estimate of drug-likeness (QED) is 0.905. The Hall–Kier alpha value is -1.69. The van der Waals surface area contributed by atoms with Crippen LogP contribution < -0.4 is 0 Å². The van der Waals surface area contributed by atoms with Gasteiger partial charge in [0.2, 0.25) is 0 Å². The molecule has 2 heterocycles. The van der Waals surface area contributed by atoms with Crippen molar-refractivity contribution in [3.05, 3.63) is 51.9 Å². The van der Waals surface area contributed by atoms with Crippen molar-refractivity contribution in [3.8, 4) is 0 Å². The van der Waals surface area contributed by atoms with E-state index in [9.17, 15) is 5.11 Å². The Labute approximate surface area is 150 Å². The second-order valence-electron chi connectivity index (χ2n) is 7.32. The van der Waals surface area contributed by atoms with Crippen molar-refractivity contribution < 1.29 is 9.63 Å². The Bertz CT molecular complexity index is 678. The zero-order valence-corrected chi connectivity index (χ0v) is 15.7. The van der Waals surface area contributed by atoms with E-state index in [2.05, 4.69) is 47.0 Å². The summed E-state index contributed by atoms with van der Waals surface area (Å²) in [5.41, 5.74) is 5.64. The van der Waals surface area contributed by atoms with Crippen LogP contribution in [0.15, 0.2) is 22.7 Å². The Morgan fingerprint density at radius 2 is 1.60 bits per heavy atom. The summed E-state index contributed by atoms with van der Waals surface area (Å²) in [7, 11) is 0. The summed E-state index contributed by atoms with van der Waals surface area (Å²) < 4.78 is 5.26. The number of hydrogen-bond acceptors (Lipinski definition) is 5. The first-order valence-corrected chi connectivity index (χ1v) is 9.05. The van der Waals surface area contributed by atoms with Gasteiger partial charge >= 0.3 is 0 Å². The predicted molar refractivity (Wildman–Crippen MR) is 98.6 cm³/mol.